The predicted octanol–water partition coefficient (Wildman–Crippen LogP) is 3.27. The highest BCUT2D eigenvalue weighted by Crippen LogP contribution is 2.17. The monoisotopic (exact) mass is 264 g/mol. The van der Waals surface area contributed by atoms with E-state index in [1.807, 2.05) is 19.2 Å². The molecule has 78 valence electrons. The van der Waals surface area contributed by atoms with E-state index in [-0.39, 0.29) is 0 Å². The van der Waals surface area contributed by atoms with Crippen molar-refractivity contribution >= 4 is 15.9 Å². The second kappa shape index (κ2) is 4.62. The number of halogens is 1. The van der Waals surface area contributed by atoms with Gasteiger partial charge in [0.15, 0.2) is 0 Å². The van der Waals surface area contributed by atoms with E-state index in [4.69, 9.17) is 0 Å². The van der Waals surface area contributed by atoms with Crippen molar-refractivity contribution < 1.29 is 0 Å². The Labute approximate surface area is 97.9 Å². The van der Waals surface area contributed by atoms with Crippen molar-refractivity contribution in [3.63, 3.8) is 0 Å². The summed E-state index contributed by atoms with van der Waals surface area (Å²) < 4.78 is 1.17. The van der Waals surface area contributed by atoms with Gasteiger partial charge in [-0.2, -0.15) is 0 Å². The van der Waals surface area contributed by atoms with Crippen LogP contribution in [0.1, 0.15) is 17.1 Å². The molecule has 0 saturated carbocycles. The van der Waals surface area contributed by atoms with Gasteiger partial charge in [0.1, 0.15) is 5.82 Å². The number of benzene rings is 1. The van der Waals surface area contributed by atoms with Gasteiger partial charge in [-0.3, -0.25) is 0 Å². The summed E-state index contributed by atoms with van der Waals surface area (Å²) in [5.41, 5.74) is 2.45. The van der Waals surface area contributed by atoms with Crippen LogP contribution in [0.4, 0.5) is 0 Å². The Morgan fingerprint density at radius 3 is 2.73 bits per heavy atom. The number of nitrogens with zero attached hydrogens (tertiary/aromatic N) is 1. The van der Waals surface area contributed by atoms with E-state index in [0.717, 1.165) is 24.4 Å². The number of aromatic nitrogens is 2. The van der Waals surface area contributed by atoms with E-state index < -0.39 is 0 Å². The molecule has 0 aliphatic rings. The maximum absolute atomic E-state index is 4.29. The van der Waals surface area contributed by atoms with Gasteiger partial charge in [-0.1, -0.05) is 34.1 Å². The van der Waals surface area contributed by atoms with Crippen LogP contribution in [-0.4, -0.2) is 9.97 Å². The summed E-state index contributed by atoms with van der Waals surface area (Å²) in [6.07, 6.45) is 3.83. The summed E-state index contributed by atoms with van der Waals surface area (Å²) in [4.78, 5) is 7.53. The zero-order valence-corrected chi connectivity index (χ0v) is 10.2. The lowest BCUT2D eigenvalue weighted by Crippen LogP contribution is -1.94. The molecule has 3 heteroatoms. The minimum Gasteiger partial charge on any atom is -0.346 e. The molecular formula is C12H13BrN2. The Balaban J connectivity index is 2.02. The van der Waals surface area contributed by atoms with E-state index in [0.29, 0.717) is 0 Å². The maximum Gasteiger partial charge on any atom is 0.106 e. The fraction of sp³-hybridized carbons (Fsp3) is 0.250. The third-order valence-corrected chi connectivity index (χ3v) is 3.12. The Kier molecular flexibility index (Phi) is 3.21. The van der Waals surface area contributed by atoms with Gasteiger partial charge in [0.2, 0.25) is 0 Å². The van der Waals surface area contributed by atoms with Crippen molar-refractivity contribution in [2.24, 2.45) is 0 Å². The van der Waals surface area contributed by atoms with E-state index >= 15 is 0 Å². The Morgan fingerprint density at radius 1 is 1.27 bits per heavy atom. The van der Waals surface area contributed by atoms with Crippen molar-refractivity contribution in [3.05, 3.63) is 52.0 Å². The number of nitrogens with one attached hydrogen (secondary N) is 1. The Bertz CT molecular complexity index is 448. The number of rotatable bonds is 3. The molecule has 2 aromatic rings. The maximum atomic E-state index is 4.29. The highest BCUT2D eigenvalue weighted by molar-refractivity contribution is 9.10. The first-order valence-corrected chi connectivity index (χ1v) is 5.79. The number of hydrogen-bond acceptors (Lipinski definition) is 1. The molecule has 1 aromatic heterocycles. The summed E-state index contributed by atoms with van der Waals surface area (Å²) in [6, 6.07) is 8.31. The van der Waals surface area contributed by atoms with Gasteiger partial charge in [-0.15, -0.1) is 0 Å². The molecule has 0 spiro atoms. The average molecular weight is 265 g/mol. The topological polar surface area (TPSA) is 28.7 Å². The van der Waals surface area contributed by atoms with Gasteiger partial charge in [-0.05, 0) is 25.0 Å². The fourth-order valence-electron chi connectivity index (χ4n) is 1.55. The van der Waals surface area contributed by atoms with Crippen molar-refractivity contribution in [2.45, 2.75) is 19.8 Å². The SMILES string of the molecule is Cc1cnc(CCc2ccccc2Br)[nH]1. The van der Waals surface area contributed by atoms with Crippen molar-refractivity contribution in [3.8, 4) is 0 Å². The van der Waals surface area contributed by atoms with Crippen molar-refractivity contribution in [2.75, 3.05) is 0 Å². The number of imidazole rings is 1. The molecule has 0 radical (unpaired) electrons. The lowest BCUT2D eigenvalue weighted by Gasteiger charge is -2.02. The van der Waals surface area contributed by atoms with E-state index in [1.54, 1.807) is 0 Å². The van der Waals surface area contributed by atoms with Gasteiger partial charge in [-0.25, -0.2) is 4.98 Å². The zero-order chi connectivity index (χ0) is 10.7. The van der Waals surface area contributed by atoms with Gasteiger partial charge >= 0.3 is 0 Å². The normalized spacial score (nSPS) is 10.5. The number of aryl methyl sites for hydroxylation is 3. The molecule has 1 aromatic carbocycles. The molecule has 0 saturated heterocycles. The van der Waals surface area contributed by atoms with Crippen LogP contribution in [0.25, 0.3) is 0 Å². The Morgan fingerprint density at radius 2 is 2.07 bits per heavy atom. The molecule has 0 aliphatic carbocycles. The van der Waals surface area contributed by atoms with Crippen LogP contribution in [0.2, 0.25) is 0 Å². The zero-order valence-electron chi connectivity index (χ0n) is 8.63. The first-order valence-electron chi connectivity index (χ1n) is 4.99. The van der Waals surface area contributed by atoms with Gasteiger partial charge in [0, 0.05) is 22.8 Å². The van der Waals surface area contributed by atoms with E-state index in [9.17, 15) is 0 Å². The van der Waals surface area contributed by atoms with Crippen LogP contribution in [-0.2, 0) is 12.8 Å². The molecule has 2 rings (SSSR count). The summed E-state index contributed by atoms with van der Waals surface area (Å²) in [5, 5.41) is 0. The molecule has 1 N–H and O–H groups in total. The van der Waals surface area contributed by atoms with Gasteiger partial charge < -0.3 is 4.98 Å². The lowest BCUT2D eigenvalue weighted by molar-refractivity contribution is 0.878. The molecule has 0 atom stereocenters. The second-order valence-electron chi connectivity index (χ2n) is 3.60. The first kappa shape index (κ1) is 10.4. The number of hydrogen-bond donors (Lipinski definition) is 1. The van der Waals surface area contributed by atoms with Crippen LogP contribution in [0, 0.1) is 6.92 Å². The quantitative estimate of drug-likeness (QED) is 0.906. The number of aromatic amines is 1. The van der Waals surface area contributed by atoms with Crippen LogP contribution < -0.4 is 0 Å². The molecule has 0 aliphatic heterocycles. The second-order valence-corrected chi connectivity index (χ2v) is 4.46. The highest BCUT2D eigenvalue weighted by atomic mass is 79.9. The average Bonchev–Trinajstić information content (AvgIpc) is 2.63. The van der Waals surface area contributed by atoms with Crippen molar-refractivity contribution in [1.82, 2.24) is 9.97 Å². The summed E-state index contributed by atoms with van der Waals surface area (Å²) in [5.74, 6) is 1.06. The smallest absolute Gasteiger partial charge is 0.106 e. The summed E-state index contributed by atoms with van der Waals surface area (Å²) in [6.45, 7) is 2.02. The molecule has 0 bridgehead atoms. The third kappa shape index (κ3) is 2.69. The molecule has 0 fully saturated rings. The van der Waals surface area contributed by atoms with E-state index in [1.165, 1.54) is 10.0 Å². The van der Waals surface area contributed by atoms with Crippen LogP contribution >= 0.6 is 15.9 Å². The standard InChI is InChI=1S/C12H13BrN2/c1-9-8-14-12(15-9)7-6-10-4-2-3-5-11(10)13/h2-5,8H,6-7H2,1H3,(H,14,15). The van der Waals surface area contributed by atoms with Gasteiger partial charge in [0.25, 0.3) is 0 Å². The molecule has 15 heavy (non-hydrogen) atoms. The minimum atomic E-state index is 0.955. The van der Waals surface area contributed by atoms with Crippen molar-refractivity contribution in [1.29, 1.82) is 0 Å². The third-order valence-electron chi connectivity index (χ3n) is 2.34. The molecule has 0 amide bonds. The minimum absolute atomic E-state index is 0.955. The summed E-state index contributed by atoms with van der Waals surface area (Å²) in [7, 11) is 0. The molecular weight excluding hydrogens is 252 g/mol. The molecule has 1 heterocycles. The fourth-order valence-corrected chi connectivity index (χ4v) is 2.03. The Hall–Kier alpha value is -1.09. The lowest BCUT2D eigenvalue weighted by atomic mass is 10.1. The van der Waals surface area contributed by atoms with Crippen LogP contribution in [0.3, 0.4) is 0 Å². The largest absolute Gasteiger partial charge is 0.346 e. The number of H-pyrrole nitrogens is 1. The summed E-state index contributed by atoms with van der Waals surface area (Å²) >= 11 is 3.54. The van der Waals surface area contributed by atoms with Gasteiger partial charge in [0.05, 0.1) is 0 Å². The van der Waals surface area contributed by atoms with Crippen LogP contribution in [0.15, 0.2) is 34.9 Å². The highest BCUT2D eigenvalue weighted by Gasteiger charge is 2.01. The van der Waals surface area contributed by atoms with E-state index in [2.05, 4.69) is 44.1 Å². The molecule has 2 nitrogen and oxygen atoms in total. The molecule has 0 unspecified atom stereocenters. The van der Waals surface area contributed by atoms with Crippen LogP contribution in [0.5, 0.6) is 0 Å². The predicted molar refractivity (Wildman–Crippen MR) is 64.9 cm³/mol. The first-order chi connectivity index (χ1) is 7.25.